The van der Waals surface area contributed by atoms with E-state index < -0.39 is 0 Å². The van der Waals surface area contributed by atoms with Crippen LogP contribution in [0.1, 0.15) is 0 Å². The van der Waals surface area contributed by atoms with Crippen molar-refractivity contribution in [1.82, 2.24) is 15.0 Å². The molecule has 0 atom stereocenters. The van der Waals surface area contributed by atoms with Crippen LogP contribution >= 0.6 is 11.3 Å². The summed E-state index contributed by atoms with van der Waals surface area (Å²) in [7, 11) is 0. The van der Waals surface area contributed by atoms with E-state index in [0.717, 1.165) is 22.0 Å². The lowest BCUT2D eigenvalue weighted by molar-refractivity contribution is 0.475. The molecule has 0 fully saturated rings. The van der Waals surface area contributed by atoms with Crippen molar-refractivity contribution in [2.75, 3.05) is 0 Å². The van der Waals surface area contributed by atoms with Crippen molar-refractivity contribution >= 4 is 11.3 Å². The summed E-state index contributed by atoms with van der Waals surface area (Å²) in [5.41, 5.74) is 2.45. The van der Waals surface area contributed by atoms with Crippen LogP contribution in [0.5, 0.6) is 5.75 Å². The number of hydrogen-bond acceptors (Lipinski definition) is 5. The van der Waals surface area contributed by atoms with Gasteiger partial charge in [-0.3, -0.25) is 9.97 Å². The van der Waals surface area contributed by atoms with Gasteiger partial charge in [-0.1, -0.05) is 12.1 Å². The molecule has 18 heavy (non-hydrogen) atoms. The van der Waals surface area contributed by atoms with Crippen LogP contribution in [0.4, 0.5) is 0 Å². The lowest BCUT2D eigenvalue weighted by Gasteiger charge is -1.97. The van der Waals surface area contributed by atoms with Crippen molar-refractivity contribution in [2.45, 2.75) is 0 Å². The first-order chi connectivity index (χ1) is 8.83. The second kappa shape index (κ2) is 4.54. The summed E-state index contributed by atoms with van der Waals surface area (Å²) in [5.74, 6) is 0.240. The maximum atomic E-state index is 9.45. The van der Waals surface area contributed by atoms with Gasteiger partial charge in [0.05, 0.1) is 6.20 Å². The first kappa shape index (κ1) is 10.9. The van der Waals surface area contributed by atoms with Crippen molar-refractivity contribution in [1.29, 1.82) is 0 Å². The largest absolute Gasteiger partial charge is 0.508 e. The van der Waals surface area contributed by atoms with Gasteiger partial charge in [0.25, 0.3) is 0 Å². The maximum Gasteiger partial charge on any atom is 0.124 e. The van der Waals surface area contributed by atoms with Gasteiger partial charge in [-0.2, -0.15) is 0 Å². The van der Waals surface area contributed by atoms with Gasteiger partial charge in [0, 0.05) is 23.3 Å². The Morgan fingerprint density at radius 2 is 2.06 bits per heavy atom. The van der Waals surface area contributed by atoms with E-state index in [1.165, 1.54) is 11.3 Å². The number of nitrogens with zero attached hydrogens (tertiary/aromatic N) is 3. The second-order valence-corrected chi connectivity index (χ2v) is 4.54. The number of phenols is 1. The highest BCUT2D eigenvalue weighted by molar-refractivity contribution is 7.13. The lowest BCUT2D eigenvalue weighted by Crippen LogP contribution is -1.84. The first-order valence-corrected chi connectivity index (χ1v) is 6.22. The fourth-order valence-electron chi connectivity index (χ4n) is 1.59. The number of aromatic nitrogens is 3. The molecule has 1 aromatic carbocycles. The van der Waals surface area contributed by atoms with E-state index in [1.54, 1.807) is 36.8 Å². The number of phenolic OH excluding ortho intramolecular Hbond substituents is 1. The summed E-state index contributed by atoms with van der Waals surface area (Å²) in [6.45, 7) is 0. The van der Waals surface area contributed by atoms with Gasteiger partial charge in [0.1, 0.15) is 22.1 Å². The molecule has 2 aromatic heterocycles. The third-order valence-electron chi connectivity index (χ3n) is 2.42. The van der Waals surface area contributed by atoms with Crippen LogP contribution in [0, 0.1) is 0 Å². The molecule has 1 N–H and O–H groups in total. The Kier molecular flexibility index (Phi) is 2.74. The summed E-state index contributed by atoms with van der Waals surface area (Å²) >= 11 is 1.52. The number of aromatic hydroxyl groups is 1. The van der Waals surface area contributed by atoms with Gasteiger partial charge in [0.15, 0.2) is 0 Å². The van der Waals surface area contributed by atoms with Crippen LogP contribution in [0.25, 0.3) is 22.0 Å². The van der Waals surface area contributed by atoms with Crippen molar-refractivity contribution < 1.29 is 5.11 Å². The molecule has 0 bridgehead atoms. The summed E-state index contributed by atoms with van der Waals surface area (Å²) in [6.07, 6.45) is 4.95. The predicted octanol–water partition coefficient (Wildman–Crippen LogP) is 2.97. The minimum Gasteiger partial charge on any atom is -0.508 e. The van der Waals surface area contributed by atoms with Crippen LogP contribution in [0.3, 0.4) is 0 Å². The third-order valence-corrected chi connectivity index (χ3v) is 3.31. The van der Waals surface area contributed by atoms with Gasteiger partial charge in [-0.15, -0.1) is 11.3 Å². The van der Waals surface area contributed by atoms with Gasteiger partial charge in [0.2, 0.25) is 0 Å². The summed E-state index contributed by atoms with van der Waals surface area (Å²) in [5, 5.41) is 12.2. The zero-order valence-electron chi connectivity index (χ0n) is 9.32. The Bertz CT molecular complexity index is 667. The van der Waals surface area contributed by atoms with E-state index in [4.69, 9.17) is 0 Å². The summed E-state index contributed by atoms with van der Waals surface area (Å²) in [6, 6.07) is 7.05. The molecular formula is C13H9N3OS. The summed E-state index contributed by atoms with van der Waals surface area (Å²) in [4.78, 5) is 12.7. The highest BCUT2D eigenvalue weighted by Crippen LogP contribution is 2.29. The monoisotopic (exact) mass is 255 g/mol. The molecule has 0 aliphatic rings. The van der Waals surface area contributed by atoms with E-state index in [1.807, 2.05) is 11.4 Å². The Morgan fingerprint density at radius 1 is 1.11 bits per heavy atom. The third kappa shape index (κ3) is 2.08. The normalized spacial score (nSPS) is 10.4. The Morgan fingerprint density at radius 3 is 2.83 bits per heavy atom. The van der Waals surface area contributed by atoms with E-state index >= 15 is 0 Å². The highest BCUT2D eigenvalue weighted by Gasteiger charge is 2.07. The smallest absolute Gasteiger partial charge is 0.124 e. The summed E-state index contributed by atoms with van der Waals surface area (Å²) < 4.78 is 0. The molecule has 3 aromatic rings. The minimum atomic E-state index is 0.240. The first-order valence-electron chi connectivity index (χ1n) is 5.34. The van der Waals surface area contributed by atoms with Gasteiger partial charge in [-0.25, -0.2) is 4.98 Å². The molecule has 0 aliphatic carbocycles. The second-order valence-electron chi connectivity index (χ2n) is 3.68. The van der Waals surface area contributed by atoms with Crippen molar-refractivity contribution in [3.8, 4) is 27.7 Å². The lowest BCUT2D eigenvalue weighted by atomic mass is 10.2. The molecule has 5 heteroatoms. The molecule has 0 saturated carbocycles. The number of thiazole rings is 1. The van der Waals surface area contributed by atoms with E-state index in [0.29, 0.717) is 0 Å². The average molecular weight is 255 g/mol. The Balaban J connectivity index is 2.00. The van der Waals surface area contributed by atoms with Crippen molar-refractivity contribution in [3.05, 3.63) is 48.2 Å². The number of rotatable bonds is 2. The topological polar surface area (TPSA) is 58.9 Å². The standard InChI is InChI=1S/C13H9N3OS/c17-10-3-1-2-9(6-10)13-16-12(8-18-13)11-7-14-4-5-15-11/h1-8,17H. The van der Waals surface area contributed by atoms with Crippen LogP contribution < -0.4 is 0 Å². The van der Waals surface area contributed by atoms with E-state index in [-0.39, 0.29) is 5.75 Å². The molecule has 2 heterocycles. The number of hydrogen-bond donors (Lipinski definition) is 1. The minimum absolute atomic E-state index is 0.240. The Hall–Kier alpha value is -2.27. The fourth-order valence-corrected chi connectivity index (χ4v) is 2.41. The van der Waals surface area contributed by atoms with Gasteiger partial charge >= 0.3 is 0 Å². The SMILES string of the molecule is Oc1cccc(-c2nc(-c3cnccn3)cs2)c1. The van der Waals surface area contributed by atoms with Crippen molar-refractivity contribution in [3.63, 3.8) is 0 Å². The molecule has 3 rings (SSSR count). The molecule has 0 spiro atoms. The van der Waals surface area contributed by atoms with Crippen LogP contribution in [-0.4, -0.2) is 20.1 Å². The maximum absolute atomic E-state index is 9.45. The fraction of sp³-hybridized carbons (Fsp3) is 0. The molecule has 88 valence electrons. The quantitative estimate of drug-likeness (QED) is 0.764. The molecule has 0 radical (unpaired) electrons. The highest BCUT2D eigenvalue weighted by atomic mass is 32.1. The van der Waals surface area contributed by atoms with Crippen LogP contribution in [0.2, 0.25) is 0 Å². The zero-order valence-corrected chi connectivity index (χ0v) is 10.1. The molecule has 0 amide bonds. The molecule has 0 aliphatic heterocycles. The molecular weight excluding hydrogens is 246 g/mol. The van der Waals surface area contributed by atoms with Gasteiger partial charge in [-0.05, 0) is 12.1 Å². The predicted molar refractivity (Wildman–Crippen MR) is 70.2 cm³/mol. The average Bonchev–Trinajstić information content (AvgIpc) is 2.89. The van der Waals surface area contributed by atoms with Crippen molar-refractivity contribution in [2.24, 2.45) is 0 Å². The van der Waals surface area contributed by atoms with E-state index in [2.05, 4.69) is 15.0 Å². The Labute approximate surface area is 108 Å². The van der Waals surface area contributed by atoms with Gasteiger partial charge < -0.3 is 5.11 Å². The molecule has 0 saturated heterocycles. The van der Waals surface area contributed by atoms with Crippen LogP contribution in [0.15, 0.2) is 48.2 Å². The van der Waals surface area contributed by atoms with E-state index in [9.17, 15) is 5.11 Å². The van der Waals surface area contributed by atoms with Crippen LogP contribution in [-0.2, 0) is 0 Å². The number of benzene rings is 1. The molecule has 4 nitrogen and oxygen atoms in total. The molecule has 0 unspecified atom stereocenters. The zero-order chi connectivity index (χ0) is 12.4.